The number of alkyl halides is 1. The second-order valence-corrected chi connectivity index (χ2v) is 8.68. The van der Waals surface area contributed by atoms with E-state index < -0.39 is 0 Å². The molecular formula is C14H11Br2ClOS. The number of hydrogen-bond donors (Lipinski definition) is 0. The van der Waals surface area contributed by atoms with Gasteiger partial charge < -0.3 is 4.74 Å². The number of ether oxygens (including phenoxy) is 1. The SMILES string of the molecule is ClC(c1cc(Br)sc1Br)C1CCOc2ccccc21. The van der Waals surface area contributed by atoms with Gasteiger partial charge in [-0.1, -0.05) is 18.2 Å². The molecule has 1 aliphatic heterocycles. The Morgan fingerprint density at radius 2 is 2.11 bits per heavy atom. The fraction of sp³-hybridized carbons (Fsp3) is 0.286. The number of benzene rings is 1. The number of rotatable bonds is 2. The molecule has 0 saturated heterocycles. The van der Waals surface area contributed by atoms with E-state index in [1.165, 1.54) is 5.56 Å². The van der Waals surface area contributed by atoms with Crippen LogP contribution in [0.2, 0.25) is 0 Å². The van der Waals surface area contributed by atoms with Gasteiger partial charge >= 0.3 is 0 Å². The molecule has 100 valence electrons. The molecule has 5 heteroatoms. The van der Waals surface area contributed by atoms with Crippen LogP contribution >= 0.6 is 54.8 Å². The first-order chi connectivity index (χ1) is 9.16. The van der Waals surface area contributed by atoms with E-state index in [9.17, 15) is 0 Å². The molecule has 0 bridgehead atoms. The maximum Gasteiger partial charge on any atom is 0.122 e. The van der Waals surface area contributed by atoms with Crippen molar-refractivity contribution in [1.29, 1.82) is 0 Å². The second kappa shape index (κ2) is 5.76. The van der Waals surface area contributed by atoms with Crippen molar-refractivity contribution in [2.24, 2.45) is 0 Å². The van der Waals surface area contributed by atoms with Gasteiger partial charge in [0.1, 0.15) is 5.75 Å². The van der Waals surface area contributed by atoms with Crippen molar-refractivity contribution in [2.75, 3.05) is 6.61 Å². The summed E-state index contributed by atoms with van der Waals surface area (Å²) in [6.07, 6.45) is 0.949. The first-order valence-corrected chi connectivity index (χ1v) is 8.81. The van der Waals surface area contributed by atoms with Crippen LogP contribution in [-0.2, 0) is 0 Å². The molecule has 1 aromatic heterocycles. The van der Waals surface area contributed by atoms with Gasteiger partial charge in [0.05, 0.1) is 19.6 Å². The molecule has 2 heterocycles. The Kier molecular flexibility index (Phi) is 4.22. The van der Waals surface area contributed by atoms with Gasteiger partial charge in [-0.05, 0) is 61.5 Å². The summed E-state index contributed by atoms with van der Waals surface area (Å²) in [4.78, 5) is 0. The summed E-state index contributed by atoms with van der Waals surface area (Å²) in [5.74, 6) is 1.26. The number of halogens is 3. The fourth-order valence-electron chi connectivity index (χ4n) is 2.43. The van der Waals surface area contributed by atoms with Gasteiger partial charge in [0.15, 0.2) is 0 Å². The Hall–Kier alpha value is -0.0300. The third kappa shape index (κ3) is 2.73. The van der Waals surface area contributed by atoms with E-state index in [-0.39, 0.29) is 5.38 Å². The summed E-state index contributed by atoms with van der Waals surface area (Å²) in [6.45, 7) is 0.730. The Labute approximate surface area is 138 Å². The summed E-state index contributed by atoms with van der Waals surface area (Å²) < 4.78 is 7.90. The molecule has 3 rings (SSSR count). The molecule has 2 unspecified atom stereocenters. The lowest BCUT2D eigenvalue weighted by atomic mass is 9.88. The lowest BCUT2D eigenvalue weighted by Crippen LogP contribution is -2.17. The quantitative estimate of drug-likeness (QED) is 0.530. The molecule has 19 heavy (non-hydrogen) atoms. The Balaban J connectivity index is 1.97. The average molecular weight is 423 g/mol. The lowest BCUT2D eigenvalue weighted by Gasteiger charge is -2.29. The molecule has 1 aromatic carbocycles. The molecule has 0 spiro atoms. The fourth-order valence-corrected chi connectivity index (χ4v) is 5.99. The summed E-state index contributed by atoms with van der Waals surface area (Å²) in [5.41, 5.74) is 2.36. The maximum atomic E-state index is 6.73. The average Bonchev–Trinajstić information content (AvgIpc) is 2.76. The topological polar surface area (TPSA) is 9.23 Å². The molecule has 1 aliphatic rings. The Morgan fingerprint density at radius 1 is 1.32 bits per heavy atom. The van der Waals surface area contributed by atoms with Crippen LogP contribution in [0.25, 0.3) is 0 Å². The van der Waals surface area contributed by atoms with Crippen molar-refractivity contribution in [3.63, 3.8) is 0 Å². The lowest BCUT2D eigenvalue weighted by molar-refractivity contribution is 0.265. The largest absolute Gasteiger partial charge is 0.493 e. The van der Waals surface area contributed by atoms with E-state index in [4.69, 9.17) is 16.3 Å². The number of fused-ring (bicyclic) bond motifs is 1. The van der Waals surface area contributed by atoms with Crippen LogP contribution in [0.4, 0.5) is 0 Å². The summed E-state index contributed by atoms with van der Waals surface area (Å²) >= 11 is 15.5. The van der Waals surface area contributed by atoms with Crippen LogP contribution in [0.15, 0.2) is 37.9 Å². The van der Waals surface area contributed by atoms with Gasteiger partial charge in [-0.25, -0.2) is 0 Å². The maximum absolute atomic E-state index is 6.73. The van der Waals surface area contributed by atoms with E-state index >= 15 is 0 Å². The minimum Gasteiger partial charge on any atom is -0.493 e. The molecule has 0 aliphatic carbocycles. The molecule has 0 radical (unpaired) electrons. The molecule has 0 saturated carbocycles. The van der Waals surface area contributed by atoms with Crippen LogP contribution in [0.1, 0.15) is 28.8 Å². The van der Waals surface area contributed by atoms with Crippen LogP contribution < -0.4 is 4.74 Å². The smallest absolute Gasteiger partial charge is 0.122 e. The Bertz CT molecular complexity index is 599. The molecular weight excluding hydrogens is 411 g/mol. The summed E-state index contributed by atoms with van der Waals surface area (Å²) in [7, 11) is 0. The molecule has 2 aromatic rings. The zero-order valence-corrected chi connectivity index (χ0v) is 14.7. The van der Waals surface area contributed by atoms with E-state index in [2.05, 4.69) is 44.0 Å². The van der Waals surface area contributed by atoms with Crippen LogP contribution in [0, 0.1) is 0 Å². The van der Waals surface area contributed by atoms with E-state index in [1.807, 2.05) is 18.2 Å². The van der Waals surface area contributed by atoms with Gasteiger partial charge in [0.25, 0.3) is 0 Å². The zero-order valence-electron chi connectivity index (χ0n) is 9.91. The highest BCUT2D eigenvalue weighted by Gasteiger charge is 2.30. The summed E-state index contributed by atoms with van der Waals surface area (Å²) in [5, 5.41) is -0.0398. The number of para-hydroxylation sites is 1. The van der Waals surface area contributed by atoms with Crippen molar-refractivity contribution in [3.8, 4) is 5.75 Å². The van der Waals surface area contributed by atoms with Gasteiger partial charge in [-0.2, -0.15) is 0 Å². The minimum atomic E-state index is -0.0398. The predicted octanol–water partition coefficient (Wildman–Crippen LogP) is 6.12. The van der Waals surface area contributed by atoms with Crippen molar-refractivity contribution >= 4 is 54.8 Å². The summed E-state index contributed by atoms with van der Waals surface area (Å²) in [6, 6.07) is 10.3. The highest BCUT2D eigenvalue weighted by Crippen LogP contribution is 2.48. The van der Waals surface area contributed by atoms with E-state index in [0.717, 1.165) is 31.9 Å². The van der Waals surface area contributed by atoms with Crippen molar-refractivity contribution in [3.05, 3.63) is 49.0 Å². The monoisotopic (exact) mass is 420 g/mol. The second-order valence-electron chi connectivity index (χ2n) is 4.46. The van der Waals surface area contributed by atoms with Crippen molar-refractivity contribution in [1.82, 2.24) is 0 Å². The van der Waals surface area contributed by atoms with E-state index in [1.54, 1.807) is 11.3 Å². The molecule has 2 atom stereocenters. The molecule has 0 amide bonds. The van der Waals surface area contributed by atoms with Gasteiger partial charge in [0, 0.05) is 5.92 Å². The van der Waals surface area contributed by atoms with Gasteiger partial charge in [-0.15, -0.1) is 22.9 Å². The molecule has 0 fully saturated rings. The van der Waals surface area contributed by atoms with Crippen LogP contribution in [0.5, 0.6) is 5.75 Å². The highest BCUT2D eigenvalue weighted by atomic mass is 79.9. The normalized spacial score (nSPS) is 19.6. The van der Waals surface area contributed by atoms with Gasteiger partial charge in [-0.3, -0.25) is 0 Å². The Morgan fingerprint density at radius 3 is 2.84 bits per heavy atom. The predicted molar refractivity (Wildman–Crippen MR) is 87.6 cm³/mol. The van der Waals surface area contributed by atoms with Crippen LogP contribution in [0.3, 0.4) is 0 Å². The third-order valence-corrected chi connectivity index (χ3v) is 6.26. The minimum absolute atomic E-state index is 0.0398. The number of hydrogen-bond acceptors (Lipinski definition) is 2. The highest BCUT2D eigenvalue weighted by molar-refractivity contribution is 9.12. The zero-order chi connectivity index (χ0) is 13.4. The van der Waals surface area contributed by atoms with Crippen molar-refractivity contribution < 1.29 is 4.74 Å². The van der Waals surface area contributed by atoms with Crippen LogP contribution in [-0.4, -0.2) is 6.61 Å². The molecule has 0 N–H and O–H groups in total. The van der Waals surface area contributed by atoms with E-state index in [0.29, 0.717) is 5.92 Å². The molecule has 1 nitrogen and oxygen atoms in total. The van der Waals surface area contributed by atoms with Crippen molar-refractivity contribution in [2.45, 2.75) is 17.7 Å². The standard InChI is InChI=1S/C14H11Br2ClOS/c15-12-7-10(14(16)19-12)13(17)9-5-6-18-11-4-2-1-3-8(9)11/h1-4,7,9,13H,5-6H2. The van der Waals surface area contributed by atoms with Gasteiger partial charge in [0.2, 0.25) is 0 Å². The first-order valence-electron chi connectivity index (χ1n) is 5.97. The number of thiophene rings is 1. The first kappa shape index (κ1) is 13.9. The third-order valence-electron chi connectivity index (χ3n) is 3.34.